The molecule has 0 aliphatic carbocycles. The summed E-state index contributed by atoms with van der Waals surface area (Å²) in [5.41, 5.74) is 3.23. The summed E-state index contributed by atoms with van der Waals surface area (Å²) in [5.74, 6) is 0.769. The minimum Gasteiger partial charge on any atom is -0.495 e. The molecule has 0 saturated carbocycles. The minimum absolute atomic E-state index is 0.118. The second-order valence-corrected chi connectivity index (χ2v) is 5.92. The molecule has 7 heteroatoms. The number of nitrogens with zero attached hydrogens (tertiary/aromatic N) is 2. The molecule has 2 aromatic heterocycles. The third-order valence-corrected chi connectivity index (χ3v) is 4.08. The van der Waals surface area contributed by atoms with Crippen LogP contribution in [-0.2, 0) is 4.79 Å². The molecule has 0 spiro atoms. The lowest BCUT2D eigenvalue weighted by Gasteiger charge is -2.10. The summed E-state index contributed by atoms with van der Waals surface area (Å²) >= 11 is 1.33. The number of aromatic amines is 1. The number of amides is 1. The van der Waals surface area contributed by atoms with E-state index in [2.05, 4.69) is 20.3 Å². The average Bonchev–Trinajstić information content (AvgIpc) is 2.96. The fraction of sp³-hybridized carbons (Fsp3) is 0.188. The number of hydrogen-bond donors (Lipinski definition) is 2. The SMILES string of the molecule is COc1ccc(C)cc1NC(=O)CSc1nc2ncccc2[nH]1. The maximum absolute atomic E-state index is 12.1. The van der Waals surface area contributed by atoms with Gasteiger partial charge in [-0.1, -0.05) is 17.8 Å². The molecule has 1 aromatic carbocycles. The Morgan fingerprint density at radius 3 is 3.04 bits per heavy atom. The number of benzene rings is 1. The van der Waals surface area contributed by atoms with Crippen molar-refractivity contribution in [1.82, 2.24) is 15.0 Å². The lowest BCUT2D eigenvalue weighted by Crippen LogP contribution is -2.15. The molecule has 1 amide bonds. The highest BCUT2D eigenvalue weighted by Gasteiger charge is 2.10. The Hall–Kier alpha value is -2.54. The molecule has 3 aromatic rings. The molecule has 6 nitrogen and oxygen atoms in total. The Morgan fingerprint density at radius 1 is 1.39 bits per heavy atom. The number of imidazole rings is 1. The fourth-order valence-corrected chi connectivity index (χ4v) is 2.80. The number of thioether (sulfide) groups is 1. The number of carbonyl (C=O) groups is 1. The van der Waals surface area contributed by atoms with Crippen LogP contribution in [0.25, 0.3) is 11.2 Å². The van der Waals surface area contributed by atoms with Gasteiger partial charge in [-0.25, -0.2) is 9.97 Å². The first-order chi connectivity index (χ1) is 11.2. The predicted octanol–water partition coefficient (Wildman–Crippen LogP) is 3.01. The van der Waals surface area contributed by atoms with Gasteiger partial charge in [0.1, 0.15) is 5.75 Å². The Morgan fingerprint density at radius 2 is 2.26 bits per heavy atom. The Kier molecular flexibility index (Phi) is 4.47. The van der Waals surface area contributed by atoms with E-state index in [1.807, 2.05) is 37.3 Å². The largest absolute Gasteiger partial charge is 0.495 e. The lowest BCUT2D eigenvalue weighted by atomic mass is 10.2. The van der Waals surface area contributed by atoms with Crippen LogP contribution in [0.5, 0.6) is 5.75 Å². The van der Waals surface area contributed by atoms with Gasteiger partial charge in [0, 0.05) is 6.20 Å². The molecule has 0 saturated heterocycles. The molecule has 118 valence electrons. The summed E-state index contributed by atoms with van der Waals surface area (Å²) in [4.78, 5) is 23.8. The maximum atomic E-state index is 12.1. The number of nitrogens with one attached hydrogen (secondary N) is 2. The van der Waals surface area contributed by atoms with Crippen LogP contribution in [-0.4, -0.2) is 33.7 Å². The Bertz CT molecular complexity index is 814. The number of anilines is 1. The van der Waals surface area contributed by atoms with Gasteiger partial charge >= 0.3 is 0 Å². The van der Waals surface area contributed by atoms with Gasteiger partial charge in [-0.05, 0) is 36.8 Å². The molecule has 0 atom stereocenters. The summed E-state index contributed by atoms with van der Waals surface area (Å²) in [6, 6.07) is 9.39. The highest BCUT2D eigenvalue weighted by atomic mass is 32.2. The molecule has 3 rings (SSSR count). The smallest absolute Gasteiger partial charge is 0.234 e. The van der Waals surface area contributed by atoms with Crippen molar-refractivity contribution >= 4 is 34.5 Å². The molecule has 0 fully saturated rings. The van der Waals surface area contributed by atoms with E-state index < -0.39 is 0 Å². The molecular formula is C16H16N4O2S. The number of fused-ring (bicyclic) bond motifs is 1. The van der Waals surface area contributed by atoms with E-state index in [4.69, 9.17) is 4.74 Å². The number of H-pyrrole nitrogens is 1. The second-order valence-electron chi connectivity index (χ2n) is 4.96. The third-order valence-electron chi connectivity index (χ3n) is 3.20. The van der Waals surface area contributed by atoms with Gasteiger partial charge in [0.2, 0.25) is 5.91 Å². The normalized spacial score (nSPS) is 10.7. The van der Waals surface area contributed by atoms with E-state index in [0.717, 1.165) is 11.1 Å². The maximum Gasteiger partial charge on any atom is 0.234 e. The Balaban J connectivity index is 1.64. The van der Waals surface area contributed by atoms with Gasteiger partial charge in [0.15, 0.2) is 10.8 Å². The molecule has 0 radical (unpaired) electrons. The zero-order valence-electron chi connectivity index (χ0n) is 12.8. The van der Waals surface area contributed by atoms with Gasteiger partial charge in [-0.15, -0.1) is 0 Å². The summed E-state index contributed by atoms with van der Waals surface area (Å²) in [5, 5.41) is 3.54. The van der Waals surface area contributed by atoms with Crippen LogP contribution in [0.15, 0.2) is 41.7 Å². The minimum atomic E-state index is -0.118. The van der Waals surface area contributed by atoms with Crippen molar-refractivity contribution in [2.45, 2.75) is 12.1 Å². The van der Waals surface area contributed by atoms with Crippen molar-refractivity contribution in [3.63, 3.8) is 0 Å². The predicted molar refractivity (Wildman–Crippen MR) is 91.0 cm³/mol. The monoisotopic (exact) mass is 328 g/mol. The van der Waals surface area contributed by atoms with Gasteiger partial charge < -0.3 is 15.0 Å². The molecule has 0 aliphatic rings. The van der Waals surface area contributed by atoms with E-state index in [1.54, 1.807) is 13.3 Å². The van der Waals surface area contributed by atoms with Crippen LogP contribution in [0, 0.1) is 6.92 Å². The highest BCUT2D eigenvalue weighted by Crippen LogP contribution is 2.26. The van der Waals surface area contributed by atoms with Crippen LogP contribution in [0.2, 0.25) is 0 Å². The van der Waals surface area contributed by atoms with Crippen molar-refractivity contribution in [2.75, 3.05) is 18.2 Å². The van der Waals surface area contributed by atoms with Gasteiger partial charge in [0.25, 0.3) is 0 Å². The van der Waals surface area contributed by atoms with Crippen LogP contribution < -0.4 is 10.1 Å². The Labute approximate surface area is 137 Å². The molecule has 2 N–H and O–H groups in total. The number of hydrogen-bond acceptors (Lipinski definition) is 5. The standard InChI is InChI=1S/C16H16N4O2S/c1-10-5-6-13(22-2)12(8-10)18-14(21)9-23-16-19-11-4-3-7-17-15(11)20-16/h3-8H,9H2,1-2H3,(H,18,21)(H,17,19,20). The van der Waals surface area contributed by atoms with Gasteiger partial charge in [-0.3, -0.25) is 4.79 Å². The van der Waals surface area contributed by atoms with E-state index in [9.17, 15) is 4.79 Å². The topological polar surface area (TPSA) is 79.9 Å². The second kappa shape index (κ2) is 6.70. The number of ether oxygens (including phenoxy) is 1. The average molecular weight is 328 g/mol. The first-order valence-corrected chi connectivity index (χ1v) is 8.02. The molecular weight excluding hydrogens is 312 g/mol. The van der Waals surface area contributed by atoms with Crippen LogP contribution in [0.1, 0.15) is 5.56 Å². The van der Waals surface area contributed by atoms with Crippen LogP contribution >= 0.6 is 11.8 Å². The van der Waals surface area contributed by atoms with Crippen molar-refractivity contribution in [3.8, 4) is 5.75 Å². The molecule has 2 heterocycles. The zero-order chi connectivity index (χ0) is 16.2. The molecule has 0 bridgehead atoms. The number of pyridine rings is 1. The lowest BCUT2D eigenvalue weighted by molar-refractivity contribution is -0.113. The van der Waals surface area contributed by atoms with Crippen molar-refractivity contribution < 1.29 is 9.53 Å². The van der Waals surface area contributed by atoms with Gasteiger partial charge in [-0.2, -0.15) is 0 Å². The fourth-order valence-electron chi connectivity index (χ4n) is 2.13. The quantitative estimate of drug-likeness (QED) is 0.704. The summed E-state index contributed by atoms with van der Waals surface area (Å²) in [6.07, 6.45) is 1.69. The summed E-state index contributed by atoms with van der Waals surface area (Å²) in [6.45, 7) is 1.96. The molecule has 0 aliphatic heterocycles. The van der Waals surface area contributed by atoms with Crippen molar-refractivity contribution in [1.29, 1.82) is 0 Å². The molecule has 23 heavy (non-hydrogen) atoms. The van der Waals surface area contributed by atoms with E-state index in [-0.39, 0.29) is 11.7 Å². The third kappa shape index (κ3) is 3.62. The van der Waals surface area contributed by atoms with Crippen molar-refractivity contribution in [2.24, 2.45) is 0 Å². The van der Waals surface area contributed by atoms with E-state index in [0.29, 0.717) is 22.2 Å². The van der Waals surface area contributed by atoms with Gasteiger partial charge in [0.05, 0.1) is 24.1 Å². The number of aryl methyl sites for hydroxylation is 1. The molecule has 0 unspecified atom stereocenters. The van der Waals surface area contributed by atoms with E-state index in [1.165, 1.54) is 11.8 Å². The van der Waals surface area contributed by atoms with Crippen molar-refractivity contribution in [3.05, 3.63) is 42.1 Å². The summed E-state index contributed by atoms with van der Waals surface area (Å²) in [7, 11) is 1.58. The van der Waals surface area contributed by atoms with E-state index >= 15 is 0 Å². The number of carbonyl (C=O) groups excluding carboxylic acids is 1. The zero-order valence-corrected chi connectivity index (χ0v) is 13.6. The van der Waals surface area contributed by atoms with Crippen LogP contribution in [0.3, 0.4) is 0 Å². The summed E-state index contributed by atoms with van der Waals surface area (Å²) < 4.78 is 5.26. The number of aromatic nitrogens is 3. The first kappa shape index (κ1) is 15.4. The number of methoxy groups -OCH3 is 1. The van der Waals surface area contributed by atoms with Crippen LogP contribution in [0.4, 0.5) is 5.69 Å². The highest BCUT2D eigenvalue weighted by molar-refractivity contribution is 7.99. The first-order valence-electron chi connectivity index (χ1n) is 7.04. The number of rotatable bonds is 5.